The number of nitrogens with zero attached hydrogens (tertiary/aromatic N) is 2. The highest BCUT2D eigenvalue weighted by atomic mass is 32.2. The minimum atomic E-state index is -0.188. The van der Waals surface area contributed by atoms with E-state index in [0.717, 1.165) is 9.47 Å². The molecule has 0 bridgehead atoms. The van der Waals surface area contributed by atoms with Crippen molar-refractivity contribution >= 4 is 34.1 Å². The molecular formula is C14H24N4OS2. The number of aromatic nitrogens is 2. The normalized spacial score (nSPS) is 16.7. The van der Waals surface area contributed by atoms with Gasteiger partial charge in [-0.3, -0.25) is 4.79 Å². The van der Waals surface area contributed by atoms with E-state index >= 15 is 0 Å². The number of anilines is 1. The molecule has 2 N–H and O–H groups in total. The Bertz CT molecular complexity index is 464. The van der Waals surface area contributed by atoms with Crippen LogP contribution in [0.4, 0.5) is 5.13 Å². The highest BCUT2D eigenvalue weighted by molar-refractivity contribution is 8.01. The Kier molecular flexibility index (Phi) is 5.87. The summed E-state index contributed by atoms with van der Waals surface area (Å²) < 4.78 is 0.845. The van der Waals surface area contributed by atoms with Gasteiger partial charge in [0.25, 0.3) is 0 Å². The van der Waals surface area contributed by atoms with Gasteiger partial charge in [0.1, 0.15) is 0 Å². The van der Waals surface area contributed by atoms with E-state index in [4.69, 9.17) is 0 Å². The summed E-state index contributed by atoms with van der Waals surface area (Å²) in [6.45, 7) is 5.94. The van der Waals surface area contributed by atoms with Crippen LogP contribution in [0.25, 0.3) is 0 Å². The molecule has 118 valence electrons. The van der Waals surface area contributed by atoms with Crippen LogP contribution in [0.2, 0.25) is 0 Å². The highest BCUT2D eigenvalue weighted by Gasteiger charge is 2.17. The Labute approximate surface area is 134 Å². The van der Waals surface area contributed by atoms with Crippen LogP contribution in [0, 0.1) is 0 Å². The molecular weight excluding hydrogens is 304 g/mol. The monoisotopic (exact) mass is 328 g/mol. The molecule has 7 heteroatoms. The minimum Gasteiger partial charge on any atom is -0.357 e. The molecule has 0 unspecified atom stereocenters. The summed E-state index contributed by atoms with van der Waals surface area (Å²) in [6, 6.07) is 0.536. The molecule has 1 aromatic rings. The first kappa shape index (κ1) is 16.5. The first-order valence-corrected chi connectivity index (χ1v) is 9.26. The zero-order valence-electron chi connectivity index (χ0n) is 12.9. The van der Waals surface area contributed by atoms with E-state index in [0.29, 0.717) is 11.8 Å². The number of hydrogen-bond donors (Lipinski definition) is 2. The van der Waals surface area contributed by atoms with Crippen molar-refractivity contribution in [1.82, 2.24) is 15.5 Å². The van der Waals surface area contributed by atoms with E-state index in [-0.39, 0.29) is 11.4 Å². The van der Waals surface area contributed by atoms with Gasteiger partial charge < -0.3 is 10.6 Å². The number of amides is 1. The lowest BCUT2D eigenvalue weighted by Gasteiger charge is -2.21. The summed E-state index contributed by atoms with van der Waals surface area (Å²) in [4.78, 5) is 11.8. The molecule has 0 saturated heterocycles. The standard InChI is InChI=1S/C14H24N4OS2/c1-14(2,3)16-11(19)9-20-13-18-17-12(21-13)15-10-7-5-4-6-8-10/h10H,4-9H2,1-3H3,(H,15,17)(H,16,19). The lowest BCUT2D eigenvalue weighted by molar-refractivity contribution is -0.119. The highest BCUT2D eigenvalue weighted by Crippen LogP contribution is 2.28. The van der Waals surface area contributed by atoms with Crippen molar-refractivity contribution in [2.24, 2.45) is 0 Å². The maximum Gasteiger partial charge on any atom is 0.230 e. The van der Waals surface area contributed by atoms with Crippen LogP contribution < -0.4 is 10.6 Å². The Hall–Kier alpha value is -0.820. The minimum absolute atomic E-state index is 0.0319. The van der Waals surface area contributed by atoms with Crippen molar-refractivity contribution in [2.75, 3.05) is 11.1 Å². The second-order valence-electron chi connectivity index (χ2n) is 6.44. The summed E-state index contributed by atoms with van der Waals surface area (Å²) in [5.41, 5.74) is -0.188. The molecule has 1 saturated carbocycles. The molecule has 2 rings (SSSR count). The zero-order chi connectivity index (χ0) is 15.3. The summed E-state index contributed by atoms with van der Waals surface area (Å²) in [6.07, 6.45) is 6.38. The molecule has 0 aliphatic heterocycles. The van der Waals surface area contributed by atoms with Gasteiger partial charge in [-0.15, -0.1) is 10.2 Å². The maximum atomic E-state index is 11.8. The van der Waals surface area contributed by atoms with Gasteiger partial charge in [0.15, 0.2) is 4.34 Å². The SMILES string of the molecule is CC(C)(C)NC(=O)CSc1nnc(NC2CCCCC2)s1. The van der Waals surface area contributed by atoms with E-state index in [1.165, 1.54) is 55.2 Å². The van der Waals surface area contributed by atoms with E-state index < -0.39 is 0 Å². The number of thioether (sulfide) groups is 1. The predicted octanol–water partition coefficient (Wildman–Crippen LogP) is 3.29. The van der Waals surface area contributed by atoms with Crippen LogP contribution in [-0.2, 0) is 4.79 Å². The third kappa shape index (κ3) is 6.22. The first-order valence-electron chi connectivity index (χ1n) is 7.46. The summed E-state index contributed by atoms with van der Waals surface area (Å²) in [7, 11) is 0. The zero-order valence-corrected chi connectivity index (χ0v) is 14.6. The molecule has 0 radical (unpaired) electrons. The van der Waals surface area contributed by atoms with E-state index in [9.17, 15) is 4.79 Å². The predicted molar refractivity (Wildman–Crippen MR) is 89.0 cm³/mol. The first-order chi connectivity index (χ1) is 9.92. The molecule has 0 aromatic carbocycles. The van der Waals surface area contributed by atoms with Crippen LogP contribution in [-0.4, -0.2) is 33.4 Å². The van der Waals surface area contributed by atoms with Gasteiger partial charge in [-0.2, -0.15) is 0 Å². The molecule has 0 atom stereocenters. The fraction of sp³-hybridized carbons (Fsp3) is 0.786. The van der Waals surface area contributed by atoms with Crippen molar-refractivity contribution in [2.45, 2.75) is 68.8 Å². The van der Waals surface area contributed by atoms with Crippen LogP contribution in [0.3, 0.4) is 0 Å². The van der Waals surface area contributed by atoms with Gasteiger partial charge in [0.2, 0.25) is 11.0 Å². The van der Waals surface area contributed by atoms with Gasteiger partial charge in [0.05, 0.1) is 5.75 Å². The van der Waals surface area contributed by atoms with Crippen molar-refractivity contribution in [3.63, 3.8) is 0 Å². The van der Waals surface area contributed by atoms with Crippen LogP contribution in [0.1, 0.15) is 52.9 Å². The molecule has 1 aliphatic carbocycles. The van der Waals surface area contributed by atoms with Gasteiger partial charge in [0, 0.05) is 11.6 Å². The Morgan fingerprint density at radius 2 is 2.00 bits per heavy atom. The molecule has 1 aromatic heterocycles. The van der Waals surface area contributed by atoms with Gasteiger partial charge in [-0.25, -0.2) is 0 Å². The quantitative estimate of drug-likeness (QED) is 0.812. The van der Waals surface area contributed by atoms with Crippen molar-refractivity contribution < 1.29 is 4.79 Å². The Balaban J connectivity index is 1.76. The Morgan fingerprint density at radius 1 is 1.29 bits per heavy atom. The van der Waals surface area contributed by atoms with Gasteiger partial charge >= 0.3 is 0 Å². The number of carbonyl (C=O) groups is 1. The van der Waals surface area contributed by atoms with E-state index in [1.807, 2.05) is 20.8 Å². The molecule has 21 heavy (non-hydrogen) atoms. The molecule has 1 heterocycles. The lowest BCUT2D eigenvalue weighted by Crippen LogP contribution is -2.41. The maximum absolute atomic E-state index is 11.8. The van der Waals surface area contributed by atoms with E-state index in [1.54, 1.807) is 0 Å². The van der Waals surface area contributed by atoms with Crippen LogP contribution in [0.5, 0.6) is 0 Å². The number of hydrogen-bond acceptors (Lipinski definition) is 6. The molecule has 1 fully saturated rings. The molecule has 1 aliphatic rings. The van der Waals surface area contributed by atoms with Crippen LogP contribution >= 0.6 is 23.1 Å². The third-order valence-electron chi connectivity index (χ3n) is 3.18. The second kappa shape index (κ2) is 7.45. The number of nitrogens with one attached hydrogen (secondary N) is 2. The van der Waals surface area contributed by atoms with Crippen LogP contribution in [0.15, 0.2) is 4.34 Å². The average molecular weight is 329 g/mol. The molecule has 0 spiro atoms. The topological polar surface area (TPSA) is 66.9 Å². The van der Waals surface area contributed by atoms with Crippen molar-refractivity contribution in [3.8, 4) is 0 Å². The van der Waals surface area contributed by atoms with Gasteiger partial charge in [-0.1, -0.05) is 42.4 Å². The second-order valence-corrected chi connectivity index (χ2v) is 8.64. The average Bonchev–Trinajstić information content (AvgIpc) is 2.83. The summed E-state index contributed by atoms with van der Waals surface area (Å²) >= 11 is 2.98. The number of rotatable bonds is 5. The summed E-state index contributed by atoms with van der Waals surface area (Å²) in [5, 5.41) is 15.6. The largest absolute Gasteiger partial charge is 0.357 e. The third-order valence-corrected chi connectivity index (χ3v) is 5.17. The number of carbonyl (C=O) groups excluding carboxylic acids is 1. The smallest absolute Gasteiger partial charge is 0.230 e. The van der Waals surface area contributed by atoms with Crippen molar-refractivity contribution in [3.05, 3.63) is 0 Å². The molecule has 5 nitrogen and oxygen atoms in total. The lowest BCUT2D eigenvalue weighted by atomic mass is 9.96. The Morgan fingerprint density at radius 3 is 2.67 bits per heavy atom. The van der Waals surface area contributed by atoms with Crippen molar-refractivity contribution in [1.29, 1.82) is 0 Å². The fourth-order valence-electron chi connectivity index (χ4n) is 2.33. The van der Waals surface area contributed by atoms with Gasteiger partial charge in [-0.05, 0) is 33.6 Å². The molecule has 1 amide bonds. The summed E-state index contributed by atoms with van der Waals surface area (Å²) in [5.74, 6) is 0.416. The fourth-order valence-corrected chi connectivity index (χ4v) is 3.96. The van der Waals surface area contributed by atoms with E-state index in [2.05, 4.69) is 20.8 Å².